The predicted molar refractivity (Wildman–Crippen MR) is 113 cm³/mol. The lowest BCUT2D eigenvalue weighted by Crippen LogP contribution is -2.36. The number of amides is 1. The van der Waals surface area contributed by atoms with Crippen molar-refractivity contribution in [2.24, 2.45) is 0 Å². The number of carbonyl (C=O) groups is 2. The number of benzene rings is 2. The molecule has 1 amide bonds. The number of esters is 1. The molecule has 0 aliphatic rings. The SMILES string of the molecule is COc1ccc(CCNC(=O)[C@@H](C)OC(=O)c2ccc(-n3nccc3C)cc2)cc1. The molecule has 0 radical (unpaired) electrons. The van der Waals surface area contributed by atoms with Crippen LogP contribution in [0.4, 0.5) is 0 Å². The average molecular weight is 407 g/mol. The first-order valence-corrected chi connectivity index (χ1v) is 9.70. The number of aromatic nitrogens is 2. The van der Waals surface area contributed by atoms with Crippen molar-refractivity contribution in [2.75, 3.05) is 13.7 Å². The molecule has 0 aliphatic heterocycles. The van der Waals surface area contributed by atoms with Gasteiger partial charge in [0.2, 0.25) is 0 Å². The molecule has 156 valence electrons. The standard InChI is InChI=1S/C23H25N3O4/c1-16-12-15-25-26(16)20-8-6-19(7-9-20)23(28)30-17(2)22(27)24-14-13-18-4-10-21(29-3)11-5-18/h4-12,15,17H,13-14H2,1-3H3,(H,24,27)/t17-/m1/s1. The zero-order valence-corrected chi connectivity index (χ0v) is 17.3. The number of carbonyl (C=O) groups excluding carboxylic acids is 2. The molecule has 7 nitrogen and oxygen atoms in total. The summed E-state index contributed by atoms with van der Waals surface area (Å²) in [5.74, 6) is -0.0895. The summed E-state index contributed by atoms with van der Waals surface area (Å²) in [5, 5.41) is 7.02. The van der Waals surface area contributed by atoms with E-state index >= 15 is 0 Å². The number of hydrogen-bond donors (Lipinski definition) is 1. The van der Waals surface area contributed by atoms with Gasteiger partial charge in [0.15, 0.2) is 6.10 Å². The minimum Gasteiger partial charge on any atom is -0.497 e. The summed E-state index contributed by atoms with van der Waals surface area (Å²) < 4.78 is 12.2. The van der Waals surface area contributed by atoms with E-state index < -0.39 is 12.1 Å². The lowest BCUT2D eigenvalue weighted by atomic mass is 10.1. The zero-order chi connectivity index (χ0) is 21.5. The van der Waals surface area contributed by atoms with Gasteiger partial charge in [-0.05, 0) is 68.3 Å². The van der Waals surface area contributed by atoms with E-state index in [4.69, 9.17) is 9.47 Å². The van der Waals surface area contributed by atoms with E-state index in [0.717, 1.165) is 22.7 Å². The fourth-order valence-corrected chi connectivity index (χ4v) is 2.93. The summed E-state index contributed by atoms with van der Waals surface area (Å²) in [7, 11) is 1.62. The molecule has 0 bridgehead atoms. The van der Waals surface area contributed by atoms with E-state index in [1.165, 1.54) is 0 Å². The van der Waals surface area contributed by atoms with Crippen molar-refractivity contribution in [3.63, 3.8) is 0 Å². The normalized spacial score (nSPS) is 11.6. The maximum atomic E-state index is 12.3. The van der Waals surface area contributed by atoms with Gasteiger partial charge in [-0.2, -0.15) is 5.10 Å². The molecule has 7 heteroatoms. The number of nitrogens with one attached hydrogen (secondary N) is 1. The molecule has 0 unspecified atom stereocenters. The average Bonchev–Trinajstić information content (AvgIpc) is 3.20. The van der Waals surface area contributed by atoms with Crippen LogP contribution >= 0.6 is 0 Å². The second-order valence-corrected chi connectivity index (χ2v) is 6.87. The predicted octanol–water partition coefficient (Wildman–Crippen LogP) is 3.09. The third kappa shape index (κ3) is 5.26. The highest BCUT2D eigenvalue weighted by Gasteiger charge is 2.18. The Labute approximate surface area is 175 Å². The van der Waals surface area contributed by atoms with Gasteiger partial charge < -0.3 is 14.8 Å². The highest BCUT2D eigenvalue weighted by Crippen LogP contribution is 2.13. The number of methoxy groups -OCH3 is 1. The van der Waals surface area contributed by atoms with Crippen LogP contribution in [0.5, 0.6) is 5.75 Å². The molecule has 0 saturated carbocycles. The Morgan fingerprint density at radius 1 is 1.07 bits per heavy atom. The third-order valence-electron chi connectivity index (χ3n) is 4.70. The van der Waals surface area contributed by atoms with Gasteiger partial charge in [0.05, 0.1) is 18.4 Å². The largest absolute Gasteiger partial charge is 0.497 e. The van der Waals surface area contributed by atoms with Crippen LogP contribution in [0.25, 0.3) is 5.69 Å². The lowest BCUT2D eigenvalue weighted by molar-refractivity contribution is -0.129. The number of aryl methyl sites for hydroxylation is 1. The Morgan fingerprint density at radius 2 is 1.77 bits per heavy atom. The molecule has 1 atom stereocenters. The van der Waals surface area contributed by atoms with Crippen LogP contribution < -0.4 is 10.1 Å². The van der Waals surface area contributed by atoms with Crippen molar-refractivity contribution >= 4 is 11.9 Å². The first-order chi connectivity index (χ1) is 14.5. The third-order valence-corrected chi connectivity index (χ3v) is 4.70. The van der Waals surface area contributed by atoms with E-state index in [9.17, 15) is 9.59 Å². The second kappa shape index (κ2) is 9.73. The van der Waals surface area contributed by atoms with Crippen LogP contribution in [0.15, 0.2) is 60.8 Å². The topological polar surface area (TPSA) is 82.5 Å². The zero-order valence-electron chi connectivity index (χ0n) is 17.3. The van der Waals surface area contributed by atoms with Crippen LogP contribution in [-0.2, 0) is 16.0 Å². The molecule has 3 rings (SSSR count). The molecule has 1 N–H and O–H groups in total. The highest BCUT2D eigenvalue weighted by atomic mass is 16.5. The maximum absolute atomic E-state index is 12.3. The summed E-state index contributed by atoms with van der Waals surface area (Å²) >= 11 is 0. The van der Waals surface area contributed by atoms with Gasteiger partial charge in [-0.1, -0.05) is 12.1 Å². The smallest absolute Gasteiger partial charge is 0.338 e. The minimum absolute atomic E-state index is 0.333. The molecule has 1 aromatic heterocycles. The molecule has 0 saturated heterocycles. The molecule has 2 aromatic carbocycles. The van der Waals surface area contributed by atoms with Crippen LogP contribution in [0.2, 0.25) is 0 Å². The first kappa shape index (κ1) is 21.1. The summed E-state index contributed by atoms with van der Waals surface area (Å²) in [4.78, 5) is 24.6. The van der Waals surface area contributed by atoms with Crippen molar-refractivity contribution in [3.05, 3.63) is 77.6 Å². The molecule has 3 aromatic rings. The van der Waals surface area contributed by atoms with Crippen molar-refractivity contribution in [1.29, 1.82) is 0 Å². The van der Waals surface area contributed by atoms with E-state index in [2.05, 4.69) is 10.4 Å². The van der Waals surface area contributed by atoms with Gasteiger partial charge in [0.25, 0.3) is 5.91 Å². The molecule has 0 spiro atoms. The molecule has 0 aliphatic carbocycles. The first-order valence-electron chi connectivity index (χ1n) is 9.70. The van der Waals surface area contributed by atoms with Crippen molar-refractivity contribution in [2.45, 2.75) is 26.4 Å². The van der Waals surface area contributed by atoms with E-state index in [-0.39, 0.29) is 5.91 Å². The monoisotopic (exact) mass is 407 g/mol. The quantitative estimate of drug-likeness (QED) is 0.580. The number of hydrogen-bond acceptors (Lipinski definition) is 5. The lowest BCUT2D eigenvalue weighted by Gasteiger charge is -2.14. The number of rotatable bonds is 8. The second-order valence-electron chi connectivity index (χ2n) is 6.87. The van der Waals surface area contributed by atoms with Gasteiger partial charge in [0.1, 0.15) is 5.75 Å². The van der Waals surface area contributed by atoms with Gasteiger partial charge in [-0.15, -0.1) is 0 Å². The number of ether oxygens (including phenoxy) is 2. The fraction of sp³-hybridized carbons (Fsp3) is 0.261. The Kier molecular flexibility index (Phi) is 6.85. The summed E-state index contributed by atoms with van der Waals surface area (Å²) in [5.41, 5.74) is 3.29. The molecule has 30 heavy (non-hydrogen) atoms. The fourth-order valence-electron chi connectivity index (χ4n) is 2.93. The summed E-state index contributed by atoms with van der Waals surface area (Å²) in [6, 6.07) is 16.4. The number of nitrogens with zero attached hydrogens (tertiary/aromatic N) is 2. The summed E-state index contributed by atoms with van der Waals surface area (Å²) in [6.07, 6.45) is 1.50. The Morgan fingerprint density at radius 3 is 2.37 bits per heavy atom. The molecule has 0 fully saturated rings. The van der Waals surface area contributed by atoms with Gasteiger partial charge in [0, 0.05) is 18.4 Å². The van der Waals surface area contributed by atoms with E-state index in [1.54, 1.807) is 49.2 Å². The summed E-state index contributed by atoms with van der Waals surface area (Å²) in [6.45, 7) is 3.96. The van der Waals surface area contributed by atoms with Gasteiger partial charge >= 0.3 is 5.97 Å². The van der Waals surface area contributed by atoms with Crippen molar-refractivity contribution in [1.82, 2.24) is 15.1 Å². The van der Waals surface area contributed by atoms with Crippen LogP contribution in [-0.4, -0.2) is 41.4 Å². The van der Waals surface area contributed by atoms with Gasteiger partial charge in [-0.25, -0.2) is 9.48 Å². The van der Waals surface area contributed by atoms with Gasteiger partial charge in [-0.3, -0.25) is 4.79 Å². The Balaban J connectivity index is 1.48. The van der Waals surface area contributed by atoms with E-state index in [1.807, 2.05) is 37.3 Å². The maximum Gasteiger partial charge on any atom is 0.338 e. The van der Waals surface area contributed by atoms with Crippen LogP contribution in [0.3, 0.4) is 0 Å². The van der Waals surface area contributed by atoms with Crippen molar-refractivity contribution < 1.29 is 19.1 Å². The minimum atomic E-state index is -0.888. The Hall–Kier alpha value is -3.61. The Bertz CT molecular complexity index is 994. The van der Waals surface area contributed by atoms with Crippen LogP contribution in [0, 0.1) is 6.92 Å². The highest BCUT2D eigenvalue weighted by molar-refractivity contribution is 5.92. The molecular formula is C23H25N3O4. The van der Waals surface area contributed by atoms with Crippen LogP contribution in [0.1, 0.15) is 28.5 Å². The van der Waals surface area contributed by atoms with Crippen molar-refractivity contribution in [3.8, 4) is 11.4 Å². The molecular weight excluding hydrogens is 382 g/mol. The molecule has 1 heterocycles. The van der Waals surface area contributed by atoms with E-state index in [0.29, 0.717) is 18.5 Å².